The molecule has 2 aromatic rings. The summed E-state index contributed by atoms with van der Waals surface area (Å²) in [5.74, 6) is -0.322. The summed E-state index contributed by atoms with van der Waals surface area (Å²) in [6, 6.07) is 13.4. The van der Waals surface area contributed by atoms with Crippen LogP contribution in [0.25, 0.3) is 0 Å². The van der Waals surface area contributed by atoms with E-state index >= 15 is 0 Å². The number of hydrogen-bond donors (Lipinski definition) is 1. The third kappa shape index (κ3) is 5.33. The Morgan fingerprint density at radius 3 is 2.20 bits per heavy atom. The molecule has 4 nitrogen and oxygen atoms in total. The molecule has 2 rings (SSSR count). The lowest BCUT2D eigenvalue weighted by Crippen LogP contribution is -2.41. The molecule has 0 unspecified atom stereocenters. The van der Waals surface area contributed by atoms with Crippen molar-refractivity contribution in [3.8, 4) is 0 Å². The van der Waals surface area contributed by atoms with E-state index in [1.807, 2.05) is 56.3 Å². The molecule has 0 fully saturated rings. The molecule has 0 radical (unpaired) electrons. The van der Waals surface area contributed by atoms with E-state index in [9.17, 15) is 9.59 Å². The second kappa shape index (κ2) is 8.67. The van der Waals surface area contributed by atoms with Crippen molar-refractivity contribution in [3.63, 3.8) is 0 Å². The molecule has 0 aliphatic heterocycles. The van der Waals surface area contributed by atoms with Gasteiger partial charge in [0.05, 0.1) is 5.69 Å². The highest BCUT2D eigenvalue weighted by atomic mass is 35.5. The summed E-state index contributed by atoms with van der Waals surface area (Å²) >= 11 is 5.86. The van der Waals surface area contributed by atoms with Crippen molar-refractivity contribution in [2.75, 3.05) is 18.0 Å². The highest BCUT2D eigenvalue weighted by molar-refractivity contribution is 6.30. The Morgan fingerprint density at radius 2 is 1.64 bits per heavy atom. The fraction of sp³-hybridized carbons (Fsp3) is 0.300. The van der Waals surface area contributed by atoms with E-state index in [2.05, 4.69) is 5.32 Å². The number of anilines is 1. The zero-order valence-corrected chi connectivity index (χ0v) is 15.6. The first kappa shape index (κ1) is 19.0. The van der Waals surface area contributed by atoms with Gasteiger partial charge in [0.2, 0.25) is 11.8 Å². The number of amides is 2. The van der Waals surface area contributed by atoms with Crippen LogP contribution in [0.3, 0.4) is 0 Å². The Balaban J connectivity index is 1.96. The second-order valence-corrected chi connectivity index (χ2v) is 6.51. The fourth-order valence-electron chi connectivity index (χ4n) is 2.78. The molecule has 2 aromatic carbocycles. The average molecular weight is 359 g/mol. The van der Waals surface area contributed by atoms with Gasteiger partial charge in [-0.3, -0.25) is 9.59 Å². The number of hydrogen-bond acceptors (Lipinski definition) is 2. The van der Waals surface area contributed by atoms with E-state index in [-0.39, 0.29) is 18.4 Å². The van der Waals surface area contributed by atoms with Crippen LogP contribution in [-0.4, -0.2) is 24.9 Å². The quantitative estimate of drug-likeness (QED) is 0.856. The van der Waals surface area contributed by atoms with E-state index in [0.29, 0.717) is 18.0 Å². The first-order valence-electron chi connectivity index (χ1n) is 8.24. The molecule has 0 heterocycles. The van der Waals surface area contributed by atoms with E-state index in [1.54, 1.807) is 0 Å². The lowest BCUT2D eigenvalue weighted by Gasteiger charge is -2.24. The van der Waals surface area contributed by atoms with Gasteiger partial charge in [-0.05, 0) is 49.1 Å². The minimum absolute atomic E-state index is 0.0155. The Bertz CT molecular complexity index is 737. The summed E-state index contributed by atoms with van der Waals surface area (Å²) in [4.78, 5) is 25.8. The number of nitrogens with zero attached hydrogens (tertiary/aromatic N) is 1. The van der Waals surface area contributed by atoms with Gasteiger partial charge in [0.15, 0.2) is 0 Å². The molecule has 0 aliphatic rings. The Hall–Kier alpha value is -2.33. The minimum atomic E-state index is -0.174. The van der Waals surface area contributed by atoms with Gasteiger partial charge >= 0.3 is 0 Å². The molecule has 0 bridgehead atoms. The number of para-hydroxylation sites is 1. The fourth-order valence-corrected chi connectivity index (χ4v) is 2.90. The highest BCUT2D eigenvalue weighted by Gasteiger charge is 2.19. The van der Waals surface area contributed by atoms with Crippen LogP contribution in [0.2, 0.25) is 5.02 Å². The van der Waals surface area contributed by atoms with Crippen molar-refractivity contribution < 1.29 is 9.59 Å². The Morgan fingerprint density at radius 1 is 1.04 bits per heavy atom. The second-order valence-electron chi connectivity index (χ2n) is 6.07. The molecule has 1 N–H and O–H groups in total. The van der Waals surface area contributed by atoms with Gasteiger partial charge in [0, 0.05) is 18.5 Å². The molecular weight excluding hydrogens is 336 g/mol. The SMILES string of the molecule is CC(=O)N(CC(=O)NCCc1ccc(Cl)cc1)c1c(C)cccc1C. The van der Waals surface area contributed by atoms with Crippen molar-refractivity contribution in [2.24, 2.45) is 0 Å². The number of carbonyl (C=O) groups is 2. The van der Waals surface area contributed by atoms with Gasteiger partial charge in [-0.1, -0.05) is 41.9 Å². The lowest BCUT2D eigenvalue weighted by molar-refractivity contribution is -0.123. The molecule has 0 saturated carbocycles. The van der Waals surface area contributed by atoms with E-state index in [4.69, 9.17) is 11.6 Å². The smallest absolute Gasteiger partial charge is 0.240 e. The van der Waals surface area contributed by atoms with Gasteiger partial charge in [0.25, 0.3) is 0 Å². The van der Waals surface area contributed by atoms with Crippen molar-refractivity contribution in [1.82, 2.24) is 5.32 Å². The predicted molar refractivity (Wildman–Crippen MR) is 102 cm³/mol. The zero-order chi connectivity index (χ0) is 18.4. The number of halogens is 1. The molecule has 0 spiro atoms. The van der Waals surface area contributed by atoms with Crippen molar-refractivity contribution in [1.29, 1.82) is 0 Å². The summed E-state index contributed by atoms with van der Waals surface area (Å²) in [5, 5.41) is 3.57. The number of nitrogens with one attached hydrogen (secondary N) is 1. The maximum Gasteiger partial charge on any atom is 0.240 e. The van der Waals surface area contributed by atoms with Crippen LogP contribution in [0.4, 0.5) is 5.69 Å². The van der Waals surface area contributed by atoms with Crippen LogP contribution in [0, 0.1) is 13.8 Å². The summed E-state index contributed by atoms with van der Waals surface area (Å²) in [7, 11) is 0. The highest BCUT2D eigenvalue weighted by Crippen LogP contribution is 2.24. The predicted octanol–water partition coefficient (Wildman–Crippen LogP) is 3.67. The van der Waals surface area contributed by atoms with E-state index in [1.165, 1.54) is 11.8 Å². The molecule has 2 amide bonds. The maximum atomic E-state index is 12.3. The third-order valence-corrected chi connectivity index (χ3v) is 4.29. The molecule has 5 heteroatoms. The zero-order valence-electron chi connectivity index (χ0n) is 14.8. The molecule has 0 saturated heterocycles. The molecule has 132 valence electrons. The van der Waals surface area contributed by atoms with Crippen molar-refractivity contribution in [2.45, 2.75) is 27.2 Å². The lowest BCUT2D eigenvalue weighted by atomic mass is 10.1. The molecular formula is C20H23ClN2O2. The molecule has 0 aromatic heterocycles. The molecule has 25 heavy (non-hydrogen) atoms. The molecule has 0 aliphatic carbocycles. The number of rotatable bonds is 6. The van der Waals surface area contributed by atoms with Crippen molar-refractivity contribution in [3.05, 3.63) is 64.2 Å². The van der Waals surface area contributed by atoms with E-state index < -0.39 is 0 Å². The van der Waals surface area contributed by atoms with Crippen LogP contribution in [0.5, 0.6) is 0 Å². The van der Waals surface area contributed by atoms with Crippen LogP contribution >= 0.6 is 11.6 Å². The van der Waals surface area contributed by atoms with Crippen LogP contribution in [-0.2, 0) is 16.0 Å². The summed E-state index contributed by atoms with van der Waals surface area (Å²) < 4.78 is 0. The monoisotopic (exact) mass is 358 g/mol. The third-order valence-electron chi connectivity index (χ3n) is 4.04. The van der Waals surface area contributed by atoms with Gasteiger partial charge in [-0.25, -0.2) is 0 Å². The van der Waals surface area contributed by atoms with Crippen molar-refractivity contribution >= 4 is 29.1 Å². The standard InChI is InChI=1S/C20H23ClN2O2/c1-14-5-4-6-15(2)20(14)23(16(3)24)13-19(25)22-12-11-17-7-9-18(21)10-8-17/h4-10H,11-13H2,1-3H3,(H,22,25). The Kier molecular flexibility index (Phi) is 6.59. The van der Waals surface area contributed by atoms with Crippen LogP contribution < -0.4 is 10.2 Å². The topological polar surface area (TPSA) is 49.4 Å². The maximum absolute atomic E-state index is 12.3. The van der Waals surface area contributed by atoms with Gasteiger partial charge in [0.1, 0.15) is 6.54 Å². The van der Waals surface area contributed by atoms with Crippen LogP contribution in [0.15, 0.2) is 42.5 Å². The Labute approximate surface area is 153 Å². The first-order valence-corrected chi connectivity index (χ1v) is 8.61. The van der Waals surface area contributed by atoms with Gasteiger partial charge < -0.3 is 10.2 Å². The van der Waals surface area contributed by atoms with Crippen LogP contribution in [0.1, 0.15) is 23.6 Å². The summed E-state index contributed by atoms with van der Waals surface area (Å²) in [6.45, 7) is 5.89. The largest absolute Gasteiger partial charge is 0.354 e. The minimum Gasteiger partial charge on any atom is -0.354 e. The number of aryl methyl sites for hydroxylation is 2. The van der Waals surface area contributed by atoms with E-state index in [0.717, 1.165) is 22.4 Å². The van der Waals surface area contributed by atoms with Gasteiger partial charge in [-0.15, -0.1) is 0 Å². The number of benzene rings is 2. The summed E-state index contributed by atoms with van der Waals surface area (Å²) in [6.07, 6.45) is 0.715. The normalized spacial score (nSPS) is 10.4. The first-order chi connectivity index (χ1) is 11.9. The summed E-state index contributed by atoms with van der Waals surface area (Å²) in [5.41, 5.74) is 3.86. The number of carbonyl (C=O) groups excluding carboxylic acids is 2. The average Bonchev–Trinajstić information content (AvgIpc) is 2.55. The van der Waals surface area contributed by atoms with Gasteiger partial charge in [-0.2, -0.15) is 0 Å². The molecule has 0 atom stereocenters.